The van der Waals surface area contributed by atoms with Crippen LogP contribution in [0.1, 0.15) is 17.2 Å². The first-order valence-corrected chi connectivity index (χ1v) is 6.83. The van der Waals surface area contributed by atoms with Gasteiger partial charge in [-0.05, 0) is 73.9 Å². The molecule has 2 rings (SSSR count). The molecule has 17 heavy (non-hydrogen) atoms. The van der Waals surface area contributed by atoms with E-state index in [-0.39, 0.29) is 5.82 Å². The van der Waals surface area contributed by atoms with Gasteiger partial charge in [0.1, 0.15) is 11.9 Å². The van der Waals surface area contributed by atoms with Crippen LogP contribution in [-0.2, 0) is 0 Å². The van der Waals surface area contributed by atoms with E-state index in [2.05, 4.69) is 38.5 Å². The normalized spacial score (nSPS) is 12.5. The minimum absolute atomic E-state index is 0.330. The Labute approximate surface area is 121 Å². The molecule has 0 radical (unpaired) electrons. The van der Waals surface area contributed by atoms with Crippen molar-refractivity contribution in [1.29, 1.82) is 0 Å². The lowest BCUT2D eigenvalue weighted by molar-refractivity contribution is 0.220. The smallest absolute Gasteiger partial charge is 0.137 e. The Bertz CT molecular complexity index is 545. The maximum absolute atomic E-state index is 13.1. The molecule has 1 unspecified atom stereocenters. The summed E-state index contributed by atoms with van der Waals surface area (Å²) >= 11 is 5.30. The van der Waals surface area contributed by atoms with Gasteiger partial charge in [-0.2, -0.15) is 0 Å². The number of halogens is 3. The van der Waals surface area contributed by atoms with Crippen molar-refractivity contribution in [2.45, 2.75) is 6.10 Å². The molecule has 0 aliphatic rings. The van der Waals surface area contributed by atoms with Crippen molar-refractivity contribution in [2.75, 3.05) is 0 Å². The molecule has 0 aromatic heterocycles. The lowest BCUT2D eigenvalue weighted by atomic mass is 10.0. The van der Waals surface area contributed by atoms with Crippen LogP contribution in [0, 0.1) is 9.39 Å². The zero-order valence-corrected chi connectivity index (χ0v) is 12.4. The van der Waals surface area contributed by atoms with Crippen molar-refractivity contribution in [3.05, 3.63) is 67.5 Å². The molecule has 0 saturated heterocycles. The molecule has 1 nitrogen and oxygen atoms in total. The Morgan fingerprint density at radius 2 is 1.82 bits per heavy atom. The molecule has 1 atom stereocenters. The molecule has 0 fully saturated rings. The van der Waals surface area contributed by atoms with Gasteiger partial charge in [-0.25, -0.2) is 4.39 Å². The highest BCUT2D eigenvalue weighted by molar-refractivity contribution is 14.1. The van der Waals surface area contributed by atoms with Crippen LogP contribution in [-0.4, -0.2) is 5.11 Å². The second kappa shape index (κ2) is 5.46. The summed E-state index contributed by atoms with van der Waals surface area (Å²) in [6.07, 6.45) is -0.735. The summed E-state index contributed by atoms with van der Waals surface area (Å²) in [7, 11) is 0. The van der Waals surface area contributed by atoms with Crippen molar-refractivity contribution >= 4 is 38.5 Å². The molecule has 88 valence electrons. The second-order valence-corrected chi connectivity index (χ2v) is 5.73. The van der Waals surface area contributed by atoms with E-state index in [0.717, 1.165) is 9.13 Å². The summed E-state index contributed by atoms with van der Waals surface area (Å²) < 4.78 is 14.5. The fourth-order valence-electron chi connectivity index (χ4n) is 1.55. The monoisotopic (exact) mass is 406 g/mol. The molecular weight excluding hydrogens is 398 g/mol. The minimum atomic E-state index is -0.735. The maximum atomic E-state index is 13.1. The average Bonchev–Trinajstić information content (AvgIpc) is 2.32. The molecule has 0 amide bonds. The molecule has 0 aliphatic heterocycles. The highest BCUT2D eigenvalue weighted by Crippen LogP contribution is 2.26. The molecular formula is C13H9BrFIO. The summed E-state index contributed by atoms with van der Waals surface area (Å²) in [5.74, 6) is -0.330. The highest BCUT2D eigenvalue weighted by atomic mass is 127. The standard InChI is InChI=1S/C13H9BrFIO/c14-11-7-9(4-5-12(11)15)13(17)8-2-1-3-10(16)6-8/h1-7,13,17H. The van der Waals surface area contributed by atoms with E-state index in [1.54, 1.807) is 12.1 Å². The Morgan fingerprint density at radius 1 is 1.12 bits per heavy atom. The maximum Gasteiger partial charge on any atom is 0.137 e. The summed E-state index contributed by atoms with van der Waals surface area (Å²) in [6, 6.07) is 12.1. The van der Waals surface area contributed by atoms with Crippen LogP contribution in [0.3, 0.4) is 0 Å². The Kier molecular flexibility index (Phi) is 4.17. The lowest BCUT2D eigenvalue weighted by Crippen LogP contribution is -2.00. The number of benzene rings is 2. The van der Waals surface area contributed by atoms with Gasteiger partial charge in [0.05, 0.1) is 4.47 Å². The van der Waals surface area contributed by atoms with Gasteiger partial charge < -0.3 is 5.11 Å². The number of hydrogen-bond donors (Lipinski definition) is 1. The predicted molar refractivity (Wildman–Crippen MR) is 77.3 cm³/mol. The molecule has 0 heterocycles. The van der Waals surface area contributed by atoms with E-state index in [1.807, 2.05) is 24.3 Å². The zero-order valence-electron chi connectivity index (χ0n) is 8.70. The third kappa shape index (κ3) is 3.05. The van der Waals surface area contributed by atoms with E-state index in [4.69, 9.17) is 0 Å². The second-order valence-electron chi connectivity index (χ2n) is 3.63. The number of aliphatic hydroxyl groups excluding tert-OH is 1. The number of hydrogen-bond acceptors (Lipinski definition) is 1. The molecule has 0 saturated carbocycles. The van der Waals surface area contributed by atoms with Crippen molar-refractivity contribution in [3.63, 3.8) is 0 Å². The van der Waals surface area contributed by atoms with Crippen LogP contribution in [0.5, 0.6) is 0 Å². The molecule has 0 aliphatic carbocycles. The molecule has 4 heteroatoms. The predicted octanol–water partition coefficient (Wildman–Crippen LogP) is 4.27. The lowest BCUT2D eigenvalue weighted by Gasteiger charge is -2.12. The summed E-state index contributed by atoms with van der Waals surface area (Å²) in [5.41, 5.74) is 1.47. The molecule has 2 aromatic carbocycles. The van der Waals surface area contributed by atoms with Gasteiger partial charge in [-0.1, -0.05) is 18.2 Å². The van der Waals surface area contributed by atoms with Gasteiger partial charge in [0.25, 0.3) is 0 Å². The fourth-order valence-corrected chi connectivity index (χ4v) is 2.52. The van der Waals surface area contributed by atoms with E-state index in [1.165, 1.54) is 6.07 Å². The minimum Gasteiger partial charge on any atom is -0.384 e. The van der Waals surface area contributed by atoms with E-state index >= 15 is 0 Å². The summed E-state index contributed by atoms with van der Waals surface area (Å²) in [6.45, 7) is 0. The largest absolute Gasteiger partial charge is 0.384 e. The van der Waals surface area contributed by atoms with Crippen LogP contribution in [0.25, 0.3) is 0 Å². The first kappa shape index (κ1) is 13.0. The zero-order chi connectivity index (χ0) is 12.4. The summed E-state index contributed by atoms with van der Waals surface area (Å²) in [4.78, 5) is 0. The van der Waals surface area contributed by atoms with Gasteiger partial charge in [0, 0.05) is 3.57 Å². The van der Waals surface area contributed by atoms with Crippen LogP contribution < -0.4 is 0 Å². The van der Waals surface area contributed by atoms with Crippen LogP contribution >= 0.6 is 38.5 Å². The number of rotatable bonds is 2. The molecule has 1 N–H and O–H groups in total. The van der Waals surface area contributed by atoms with Crippen LogP contribution in [0.15, 0.2) is 46.9 Å². The third-order valence-corrected chi connectivity index (χ3v) is 3.70. The molecule has 0 bridgehead atoms. The van der Waals surface area contributed by atoms with Crippen LogP contribution in [0.4, 0.5) is 4.39 Å². The van der Waals surface area contributed by atoms with E-state index in [0.29, 0.717) is 10.0 Å². The van der Waals surface area contributed by atoms with Crippen molar-refractivity contribution in [3.8, 4) is 0 Å². The average molecular weight is 407 g/mol. The van der Waals surface area contributed by atoms with Gasteiger partial charge in [-0.15, -0.1) is 0 Å². The first-order valence-electron chi connectivity index (χ1n) is 4.96. The van der Waals surface area contributed by atoms with Crippen molar-refractivity contribution < 1.29 is 9.50 Å². The third-order valence-electron chi connectivity index (χ3n) is 2.42. The van der Waals surface area contributed by atoms with Crippen molar-refractivity contribution in [1.82, 2.24) is 0 Å². The van der Waals surface area contributed by atoms with Crippen LogP contribution in [0.2, 0.25) is 0 Å². The van der Waals surface area contributed by atoms with Gasteiger partial charge in [0.2, 0.25) is 0 Å². The van der Waals surface area contributed by atoms with Crippen molar-refractivity contribution in [2.24, 2.45) is 0 Å². The van der Waals surface area contributed by atoms with E-state index in [9.17, 15) is 9.50 Å². The Balaban J connectivity index is 2.36. The molecule has 2 aromatic rings. The highest BCUT2D eigenvalue weighted by Gasteiger charge is 2.12. The van der Waals surface area contributed by atoms with Gasteiger partial charge in [0.15, 0.2) is 0 Å². The Morgan fingerprint density at radius 3 is 2.47 bits per heavy atom. The summed E-state index contributed by atoms with van der Waals surface area (Å²) in [5, 5.41) is 10.2. The molecule has 0 spiro atoms. The van der Waals surface area contributed by atoms with Gasteiger partial charge in [-0.3, -0.25) is 0 Å². The Hall–Kier alpha value is -0.460. The van der Waals surface area contributed by atoms with Gasteiger partial charge >= 0.3 is 0 Å². The first-order chi connectivity index (χ1) is 8.08. The number of aliphatic hydroxyl groups is 1. The quantitative estimate of drug-likeness (QED) is 0.738. The topological polar surface area (TPSA) is 20.2 Å². The SMILES string of the molecule is OC(c1cccc(I)c1)c1ccc(F)c(Br)c1. The fraction of sp³-hybridized carbons (Fsp3) is 0.0769. The van der Waals surface area contributed by atoms with E-state index < -0.39 is 6.10 Å².